The van der Waals surface area contributed by atoms with E-state index in [1.165, 1.54) is 95.1 Å². The van der Waals surface area contributed by atoms with Crippen molar-refractivity contribution in [2.45, 2.75) is 165 Å². The van der Waals surface area contributed by atoms with Gasteiger partial charge in [0.2, 0.25) is 0 Å². The number of nitrogens with zero attached hydrogens (tertiary/aromatic N) is 1. The van der Waals surface area contributed by atoms with Crippen LogP contribution in [-0.4, -0.2) is 60.5 Å². The molecule has 11 rings (SSSR count). The maximum atomic E-state index is 13.8. The van der Waals surface area contributed by atoms with Gasteiger partial charge in [-0.2, -0.15) is 0 Å². The second kappa shape index (κ2) is 19.2. The summed E-state index contributed by atoms with van der Waals surface area (Å²) in [5.74, 6) is 5.56. The number of benzene rings is 2. The molecule has 328 valence electrons. The zero-order valence-electron chi connectivity index (χ0n) is 36.2. The van der Waals surface area contributed by atoms with E-state index in [1.54, 1.807) is 0 Å². The largest absolute Gasteiger partial charge is 0.371 e. The van der Waals surface area contributed by atoms with Gasteiger partial charge >= 0.3 is 5.97 Å². The molecule has 0 spiro atoms. The van der Waals surface area contributed by atoms with Crippen molar-refractivity contribution in [3.8, 4) is 5.75 Å². The van der Waals surface area contributed by atoms with Gasteiger partial charge in [-0.3, -0.25) is 47.3 Å². The molecule has 0 radical (unpaired) electrons. The van der Waals surface area contributed by atoms with Crippen molar-refractivity contribution in [3.63, 3.8) is 0 Å². The third-order valence-corrected chi connectivity index (χ3v) is 17.1. The Morgan fingerprint density at radius 2 is 0.885 bits per heavy atom. The molecule has 0 amide bonds. The summed E-state index contributed by atoms with van der Waals surface area (Å²) in [6, 6.07) is 19.6. The Labute approximate surface area is 376 Å². The van der Waals surface area contributed by atoms with E-state index < -0.39 is 0 Å². The third-order valence-electron chi connectivity index (χ3n) is 17.1. The van der Waals surface area contributed by atoms with Crippen molar-refractivity contribution in [1.29, 1.82) is 0 Å². The maximum Gasteiger partial charge on any atom is 0.329 e. The number of carbonyl (C=O) groups is 1. The van der Waals surface area contributed by atoms with Crippen LogP contribution in [0.15, 0.2) is 60.7 Å². The van der Waals surface area contributed by atoms with Crippen LogP contribution < -0.4 is 47.4 Å². The first-order valence-electron chi connectivity index (χ1n) is 24.4. The zero-order chi connectivity index (χ0) is 40.0. The standard InChI is InChI=1S/C48H71N9O3.Zn/c58-39(60-57(28-29-14-3-1-4-15-29)59-31-17-5-2-6-18-31)27-26-30-16-13-25-38-40(30)48-55-46-37-24-12-11-23-36(37)44(53-46)51-42-33-20-8-7-19-32(33)41(49-42)50-43-34-21-9-10-22-35(34)45(52-43)54-47(38)56-48;/h1-6,14-15,17-18,30,32-38,40-56H,7-13,16,19-28H2;. The summed E-state index contributed by atoms with van der Waals surface area (Å²) in [5.41, 5.74) is 1.01. The minimum atomic E-state index is -0.240. The molecule has 0 aromatic heterocycles. The molecule has 17 unspecified atom stereocenters. The van der Waals surface area contributed by atoms with E-state index in [9.17, 15) is 4.79 Å². The Bertz CT molecular complexity index is 1710. The van der Waals surface area contributed by atoms with Gasteiger partial charge in [-0.15, -0.1) is 0 Å². The molecule has 12 nitrogen and oxygen atoms in total. The number of rotatable bonds is 8. The summed E-state index contributed by atoms with van der Waals surface area (Å²) < 4.78 is 0. The van der Waals surface area contributed by atoms with Gasteiger partial charge < -0.3 is 9.68 Å². The molecule has 13 heteroatoms. The normalized spacial score (nSPS) is 42.7. The summed E-state index contributed by atoms with van der Waals surface area (Å²) in [4.78, 5) is 25.9. The first-order valence-corrected chi connectivity index (χ1v) is 24.4. The van der Waals surface area contributed by atoms with Gasteiger partial charge in [0.05, 0.1) is 55.9 Å². The fourth-order valence-electron chi connectivity index (χ4n) is 14.4. The van der Waals surface area contributed by atoms with Crippen molar-refractivity contribution in [2.75, 3.05) is 0 Å². The molecule has 5 heterocycles. The number of hydrogen-bond donors (Lipinski definition) is 8. The number of fused-ring (bicyclic) bond motifs is 20. The van der Waals surface area contributed by atoms with Crippen LogP contribution in [0.3, 0.4) is 0 Å². The summed E-state index contributed by atoms with van der Waals surface area (Å²) in [5, 5.41) is 35.4. The van der Waals surface area contributed by atoms with Gasteiger partial charge in [0.25, 0.3) is 0 Å². The average Bonchev–Trinajstić information content (AvgIpc) is 4.02. The second-order valence-corrected chi connectivity index (χ2v) is 20.3. The predicted molar refractivity (Wildman–Crippen MR) is 230 cm³/mol. The SMILES string of the molecule is O=C(CCC1CCCC2C3NC4NC(NC5NC(NC6NC(NC(N3)C12)C1CCCCC61)C1CCCCC51)C1CCCCC41)ON(Cc1ccccc1)Oc1ccccc1.[Zn]. The predicted octanol–water partition coefficient (Wildman–Crippen LogP) is 5.56. The van der Waals surface area contributed by atoms with Crippen molar-refractivity contribution in [1.82, 2.24) is 47.8 Å². The molecule has 2 aromatic rings. The number of para-hydroxylation sites is 1. The molecule has 4 aliphatic carbocycles. The van der Waals surface area contributed by atoms with Crippen molar-refractivity contribution >= 4 is 5.97 Å². The average molecular weight is 888 g/mol. The first-order chi connectivity index (χ1) is 29.6. The van der Waals surface area contributed by atoms with Gasteiger partial charge in [0.15, 0.2) is 5.75 Å². The zero-order valence-corrected chi connectivity index (χ0v) is 39.2. The van der Waals surface area contributed by atoms with E-state index in [4.69, 9.17) is 9.68 Å². The molecule has 5 aliphatic heterocycles. The van der Waals surface area contributed by atoms with Gasteiger partial charge in [0.1, 0.15) is 0 Å². The molecule has 8 N–H and O–H groups in total. The third kappa shape index (κ3) is 9.01. The number of hydroxylamine groups is 2. The maximum absolute atomic E-state index is 13.8. The van der Waals surface area contributed by atoms with E-state index >= 15 is 0 Å². The molecule has 61 heavy (non-hydrogen) atoms. The molecule has 9 aliphatic rings. The second-order valence-electron chi connectivity index (χ2n) is 20.3. The first kappa shape index (κ1) is 42.9. The molecule has 17 atom stereocenters. The summed E-state index contributed by atoms with van der Waals surface area (Å²) in [7, 11) is 0. The van der Waals surface area contributed by atoms with E-state index in [0.717, 1.165) is 18.4 Å². The van der Waals surface area contributed by atoms with E-state index in [-0.39, 0.29) is 50.1 Å². The van der Waals surface area contributed by atoms with Crippen molar-refractivity contribution in [3.05, 3.63) is 66.2 Å². The van der Waals surface area contributed by atoms with Gasteiger partial charge in [-0.25, -0.2) is 0 Å². The summed E-state index contributed by atoms with van der Waals surface area (Å²) in [6.45, 7) is 0.345. The smallest absolute Gasteiger partial charge is 0.329 e. The van der Waals surface area contributed by atoms with E-state index in [2.05, 4.69) is 42.5 Å². The number of nitrogens with one attached hydrogen (secondary N) is 8. The van der Waals surface area contributed by atoms with Gasteiger partial charge in [0, 0.05) is 31.1 Å². The Kier molecular flexibility index (Phi) is 13.5. The summed E-state index contributed by atoms with van der Waals surface area (Å²) in [6.07, 6.45) is 22.7. The Hall–Kier alpha value is -2.03. The van der Waals surface area contributed by atoms with Crippen LogP contribution in [-0.2, 0) is 35.7 Å². The minimum Gasteiger partial charge on any atom is -0.371 e. The number of hydrogen-bond acceptors (Lipinski definition) is 12. The van der Waals surface area contributed by atoms with Crippen LogP contribution in [0.5, 0.6) is 5.75 Å². The van der Waals surface area contributed by atoms with Crippen LogP contribution in [0.25, 0.3) is 0 Å². The molecule has 2 aromatic carbocycles. The molecule has 5 saturated heterocycles. The quantitative estimate of drug-likeness (QED) is 0.125. The Morgan fingerprint density at radius 3 is 1.34 bits per heavy atom. The fourth-order valence-corrected chi connectivity index (χ4v) is 14.4. The topological polar surface area (TPSA) is 135 Å². The summed E-state index contributed by atoms with van der Waals surface area (Å²) >= 11 is 0. The van der Waals surface area contributed by atoms with E-state index in [0.29, 0.717) is 96.6 Å². The van der Waals surface area contributed by atoms with Crippen molar-refractivity contribution in [2.24, 2.45) is 53.3 Å². The Balaban J connectivity index is 0.00000445. The van der Waals surface area contributed by atoms with Crippen LogP contribution in [0.2, 0.25) is 0 Å². The van der Waals surface area contributed by atoms with Crippen LogP contribution in [0.4, 0.5) is 0 Å². The number of carbonyl (C=O) groups excluding carboxylic acids is 1. The molecule has 9 fully saturated rings. The minimum absolute atomic E-state index is 0. The van der Waals surface area contributed by atoms with Crippen molar-refractivity contribution < 1.29 is 33.9 Å². The van der Waals surface area contributed by atoms with Gasteiger partial charge in [-0.1, -0.05) is 99.9 Å². The van der Waals surface area contributed by atoms with Gasteiger partial charge in [-0.05, 0) is 122 Å². The fraction of sp³-hybridized carbons (Fsp3) is 0.729. The Morgan fingerprint density at radius 1 is 0.492 bits per heavy atom. The van der Waals surface area contributed by atoms with Crippen LogP contribution in [0, 0.1) is 53.3 Å². The van der Waals surface area contributed by atoms with Crippen LogP contribution >= 0.6 is 0 Å². The molecule has 8 bridgehead atoms. The monoisotopic (exact) mass is 885 g/mol. The molecular formula is C48H71N9O3Zn. The van der Waals surface area contributed by atoms with E-state index in [1.807, 2.05) is 60.7 Å². The molecular weight excluding hydrogens is 816 g/mol. The molecule has 4 saturated carbocycles. The van der Waals surface area contributed by atoms with Crippen LogP contribution in [0.1, 0.15) is 115 Å².